The molecule has 0 unspecified atom stereocenters. The second-order valence-electron chi connectivity index (χ2n) is 2.65. The summed E-state index contributed by atoms with van der Waals surface area (Å²) in [4.78, 5) is 23.4. The first-order valence-electron chi connectivity index (χ1n) is 3.70. The fourth-order valence-corrected chi connectivity index (χ4v) is 1.07. The Morgan fingerprint density at radius 1 is 1.58 bits per heavy atom. The highest BCUT2D eigenvalue weighted by atomic mass is 16.5. The zero-order chi connectivity index (χ0) is 9.14. The van der Waals surface area contributed by atoms with E-state index in [1.165, 1.54) is 18.2 Å². The number of methoxy groups -OCH3 is 1. The normalized spacial score (nSPS) is 17.3. The molecule has 0 aromatic carbocycles. The molecule has 0 atom stereocenters. The minimum Gasteiger partial charge on any atom is -0.466 e. The molecule has 0 aromatic heterocycles. The topological polar surface area (TPSA) is 46.6 Å². The Morgan fingerprint density at radius 3 is 2.75 bits per heavy atom. The van der Waals surface area contributed by atoms with Crippen molar-refractivity contribution in [3.63, 3.8) is 0 Å². The summed E-state index contributed by atoms with van der Waals surface area (Å²) in [5.74, 6) is -0.322. The van der Waals surface area contributed by atoms with Gasteiger partial charge in [-0.3, -0.25) is 4.79 Å². The average molecular weight is 169 g/mol. The number of carbonyl (C=O) groups is 2. The Kier molecular flexibility index (Phi) is 2.47. The molecule has 0 fully saturated rings. The van der Waals surface area contributed by atoms with Gasteiger partial charge in [-0.25, -0.2) is 4.79 Å². The molecule has 4 nitrogen and oxygen atoms in total. The average Bonchev–Trinajstić information content (AvgIpc) is 2.08. The summed E-state index contributed by atoms with van der Waals surface area (Å²) in [6, 6.07) is 0. The van der Waals surface area contributed by atoms with E-state index in [-0.39, 0.29) is 11.9 Å². The number of hydrogen-bond donors (Lipinski definition) is 0. The first kappa shape index (κ1) is 8.77. The van der Waals surface area contributed by atoms with E-state index in [4.69, 9.17) is 0 Å². The minimum atomic E-state index is -0.352. The van der Waals surface area contributed by atoms with Crippen molar-refractivity contribution in [2.75, 3.05) is 14.2 Å². The standard InChI is InChI=1S/C8H11NO3/c1-9-5-6(8(11)12-2)3-4-7(9)10/h5H,3-4H2,1-2H3. The molecule has 0 bridgehead atoms. The molecule has 0 saturated heterocycles. The lowest BCUT2D eigenvalue weighted by molar-refractivity contribution is -0.137. The van der Waals surface area contributed by atoms with Gasteiger partial charge in [-0.1, -0.05) is 0 Å². The number of esters is 1. The molecule has 0 N–H and O–H groups in total. The highest BCUT2D eigenvalue weighted by Gasteiger charge is 2.19. The number of ether oxygens (including phenoxy) is 1. The minimum absolute atomic E-state index is 0.0302. The molecule has 0 radical (unpaired) electrons. The monoisotopic (exact) mass is 169 g/mol. The predicted molar refractivity (Wildman–Crippen MR) is 42.1 cm³/mol. The van der Waals surface area contributed by atoms with Gasteiger partial charge in [-0.05, 0) is 6.42 Å². The molecule has 0 saturated carbocycles. The zero-order valence-corrected chi connectivity index (χ0v) is 7.16. The maximum absolute atomic E-state index is 11.0. The van der Waals surface area contributed by atoms with E-state index in [1.807, 2.05) is 0 Å². The fraction of sp³-hybridized carbons (Fsp3) is 0.500. The largest absolute Gasteiger partial charge is 0.466 e. The molecule has 66 valence electrons. The number of hydrogen-bond acceptors (Lipinski definition) is 3. The first-order chi connectivity index (χ1) is 5.65. The van der Waals surface area contributed by atoms with Crippen LogP contribution in [0.4, 0.5) is 0 Å². The van der Waals surface area contributed by atoms with Crippen LogP contribution in [0.5, 0.6) is 0 Å². The molecule has 1 aliphatic heterocycles. The van der Waals surface area contributed by atoms with Crippen LogP contribution in [0.1, 0.15) is 12.8 Å². The molecular formula is C8H11NO3. The summed E-state index contributed by atoms with van der Waals surface area (Å²) >= 11 is 0. The Bertz CT molecular complexity index is 245. The van der Waals surface area contributed by atoms with Crippen LogP contribution >= 0.6 is 0 Å². The maximum Gasteiger partial charge on any atom is 0.335 e. The maximum atomic E-state index is 11.0. The van der Waals surface area contributed by atoms with Crippen LogP contribution in [0.25, 0.3) is 0 Å². The van der Waals surface area contributed by atoms with E-state index < -0.39 is 0 Å². The third-order valence-electron chi connectivity index (χ3n) is 1.80. The van der Waals surface area contributed by atoms with Crippen molar-refractivity contribution in [1.82, 2.24) is 4.90 Å². The van der Waals surface area contributed by atoms with Crippen molar-refractivity contribution in [2.45, 2.75) is 12.8 Å². The quantitative estimate of drug-likeness (QED) is 0.530. The SMILES string of the molecule is COC(=O)C1=CN(C)C(=O)CC1. The summed E-state index contributed by atoms with van der Waals surface area (Å²) in [6.45, 7) is 0. The van der Waals surface area contributed by atoms with Crippen LogP contribution in [0.3, 0.4) is 0 Å². The summed E-state index contributed by atoms with van der Waals surface area (Å²) in [5, 5.41) is 0. The van der Waals surface area contributed by atoms with Gasteiger partial charge in [-0.15, -0.1) is 0 Å². The van der Waals surface area contributed by atoms with E-state index in [1.54, 1.807) is 7.05 Å². The van der Waals surface area contributed by atoms with Gasteiger partial charge in [0.25, 0.3) is 0 Å². The zero-order valence-electron chi connectivity index (χ0n) is 7.16. The number of amides is 1. The predicted octanol–water partition coefficient (Wildman–Crippen LogP) is 0.295. The van der Waals surface area contributed by atoms with Crippen molar-refractivity contribution in [3.8, 4) is 0 Å². The molecule has 1 rings (SSSR count). The molecule has 0 aliphatic carbocycles. The summed E-state index contributed by atoms with van der Waals surface area (Å²) < 4.78 is 4.53. The van der Waals surface area contributed by atoms with Crippen LogP contribution in [0.2, 0.25) is 0 Å². The van der Waals surface area contributed by atoms with Gasteiger partial charge in [-0.2, -0.15) is 0 Å². The Balaban J connectivity index is 2.74. The number of nitrogens with zero attached hydrogens (tertiary/aromatic N) is 1. The molecular weight excluding hydrogens is 158 g/mol. The van der Waals surface area contributed by atoms with Crippen molar-refractivity contribution in [2.24, 2.45) is 0 Å². The molecule has 0 spiro atoms. The second-order valence-corrected chi connectivity index (χ2v) is 2.65. The van der Waals surface area contributed by atoms with E-state index in [0.717, 1.165) is 0 Å². The van der Waals surface area contributed by atoms with Crippen LogP contribution in [0.15, 0.2) is 11.8 Å². The van der Waals surface area contributed by atoms with Crippen LogP contribution in [0, 0.1) is 0 Å². The van der Waals surface area contributed by atoms with Crippen molar-refractivity contribution in [1.29, 1.82) is 0 Å². The fourth-order valence-electron chi connectivity index (χ4n) is 1.07. The van der Waals surface area contributed by atoms with Gasteiger partial charge in [0, 0.05) is 19.7 Å². The van der Waals surface area contributed by atoms with Crippen molar-refractivity contribution in [3.05, 3.63) is 11.8 Å². The molecule has 4 heteroatoms. The smallest absolute Gasteiger partial charge is 0.335 e. The molecule has 1 aliphatic rings. The van der Waals surface area contributed by atoms with E-state index in [2.05, 4.69) is 4.74 Å². The van der Waals surface area contributed by atoms with Crippen molar-refractivity contribution < 1.29 is 14.3 Å². The Labute approximate surface area is 70.8 Å². The highest BCUT2D eigenvalue weighted by molar-refractivity contribution is 5.91. The van der Waals surface area contributed by atoms with E-state index in [9.17, 15) is 9.59 Å². The third kappa shape index (κ3) is 1.64. The molecule has 1 amide bonds. The second kappa shape index (κ2) is 3.38. The van der Waals surface area contributed by atoms with Gasteiger partial charge in [0.15, 0.2) is 0 Å². The van der Waals surface area contributed by atoms with Gasteiger partial charge >= 0.3 is 5.97 Å². The van der Waals surface area contributed by atoms with Crippen LogP contribution in [-0.2, 0) is 14.3 Å². The third-order valence-corrected chi connectivity index (χ3v) is 1.80. The van der Waals surface area contributed by atoms with E-state index >= 15 is 0 Å². The first-order valence-corrected chi connectivity index (χ1v) is 3.70. The highest BCUT2D eigenvalue weighted by Crippen LogP contribution is 2.15. The summed E-state index contributed by atoms with van der Waals surface area (Å²) in [5.41, 5.74) is 0.555. The molecule has 12 heavy (non-hydrogen) atoms. The van der Waals surface area contributed by atoms with Gasteiger partial charge < -0.3 is 9.64 Å². The van der Waals surface area contributed by atoms with E-state index in [0.29, 0.717) is 18.4 Å². The number of carbonyl (C=O) groups excluding carboxylic acids is 2. The van der Waals surface area contributed by atoms with Crippen LogP contribution < -0.4 is 0 Å². The van der Waals surface area contributed by atoms with Crippen molar-refractivity contribution >= 4 is 11.9 Å². The molecule has 1 heterocycles. The lowest BCUT2D eigenvalue weighted by Crippen LogP contribution is -2.27. The lowest BCUT2D eigenvalue weighted by atomic mass is 10.1. The lowest BCUT2D eigenvalue weighted by Gasteiger charge is -2.19. The summed E-state index contributed by atoms with van der Waals surface area (Å²) in [7, 11) is 2.96. The van der Waals surface area contributed by atoms with Gasteiger partial charge in [0.2, 0.25) is 5.91 Å². The Hall–Kier alpha value is -1.32. The Morgan fingerprint density at radius 2 is 2.25 bits per heavy atom. The van der Waals surface area contributed by atoms with Gasteiger partial charge in [0.1, 0.15) is 0 Å². The molecule has 0 aromatic rings. The van der Waals surface area contributed by atoms with Crippen LogP contribution in [-0.4, -0.2) is 30.9 Å². The van der Waals surface area contributed by atoms with Gasteiger partial charge in [0.05, 0.1) is 12.7 Å². The summed E-state index contributed by atoms with van der Waals surface area (Å²) in [6.07, 6.45) is 2.39. The number of rotatable bonds is 1.